The Morgan fingerprint density at radius 3 is 2.50 bits per heavy atom. The zero-order chi connectivity index (χ0) is 14.1. The smallest absolute Gasteiger partial charge is 0.321 e. The molecule has 0 heterocycles. The molecule has 1 aromatic rings. The van der Waals surface area contributed by atoms with Gasteiger partial charge in [0.05, 0.1) is 4.90 Å². The molecule has 1 unspecified atom stereocenters. The lowest BCUT2D eigenvalue weighted by molar-refractivity contribution is -0.140. The number of nitrogens with zero attached hydrogens (tertiary/aromatic N) is 1. The minimum absolute atomic E-state index is 0.0677. The van der Waals surface area contributed by atoms with Gasteiger partial charge in [-0.05, 0) is 47.5 Å². The summed E-state index contributed by atoms with van der Waals surface area (Å²) in [6, 6.07) is 3.78. The Kier molecular flexibility index (Phi) is 4.52. The first kappa shape index (κ1) is 15.1. The monoisotopic (exact) mass is 335 g/mol. The highest BCUT2D eigenvalue weighted by Gasteiger charge is 2.30. The van der Waals surface area contributed by atoms with E-state index >= 15 is 0 Å². The van der Waals surface area contributed by atoms with E-state index in [1.165, 1.54) is 20.0 Å². The highest BCUT2D eigenvalue weighted by Crippen LogP contribution is 2.26. The van der Waals surface area contributed by atoms with Crippen LogP contribution in [0.25, 0.3) is 0 Å². The second-order valence-corrected chi connectivity index (χ2v) is 6.79. The molecule has 0 aliphatic rings. The fourth-order valence-electron chi connectivity index (χ4n) is 1.33. The molecule has 5 nitrogen and oxygen atoms in total. The summed E-state index contributed by atoms with van der Waals surface area (Å²) >= 11 is 3.17. The number of halogens is 1. The van der Waals surface area contributed by atoms with Crippen LogP contribution in [0.1, 0.15) is 12.5 Å². The van der Waals surface area contributed by atoms with Crippen LogP contribution in [0.15, 0.2) is 27.6 Å². The summed E-state index contributed by atoms with van der Waals surface area (Å²) in [6.45, 7) is 3.09. The molecule has 0 spiro atoms. The van der Waals surface area contributed by atoms with Gasteiger partial charge in [-0.1, -0.05) is 6.07 Å². The minimum atomic E-state index is -3.83. The van der Waals surface area contributed by atoms with Crippen molar-refractivity contribution >= 4 is 31.9 Å². The molecule has 0 saturated carbocycles. The quantitative estimate of drug-likeness (QED) is 0.911. The summed E-state index contributed by atoms with van der Waals surface area (Å²) in [4.78, 5) is 10.9. The number of carbonyl (C=O) groups is 1. The molecule has 0 radical (unpaired) electrons. The molecule has 0 fully saturated rings. The predicted molar refractivity (Wildman–Crippen MR) is 70.9 cm³/mol. The van der Waals surface area contributed by atoms with Gasteiger partial charge in [0.15, 0.2) is 0 Å². The Hall–Kier alpha value is -0.920. The standard InChI is InChI=1S/C11H14BrNO4S/c1-7-4-5-9(12)10(6-7)18(16,17)13(3)8(2)11(14)15/h4-6,8H,1-3H3,(H,14,15). The van der Waals surface area contributed by atoms with Crippen molar-refractivity contribution in [3.63, 3.8) is 0 Å². The lowest BCUT2D eigenvalue weighted by Crippen LogP contribution is -2.40. The van der Waals surface area contributed by atoms with Crippen LogP contribution in [-0.4, -0.2) is 36.9 Å². The molecule has 0 bridgehead atoms. The van der Waals surface area contributed by atoms with Gasteiger partial charge in [0.25, 0.3) is 0 Å². The molecular weight excluding hydrogens is 322 g/mol. The van der Waals surface area contributed by atoms with E-state index in [-0.39, 0.29) is 4.90 Å². The average Bonchev–Trinajstić information content (AvgIpc) is 2.29. The third-order valence-electron chi connectivity index (χ3n) is 2.65. The van der Waals surface area contributed by atoms with Crippen molar-refractivity contribution in [2.75, 3.05) is 7.05 Å². The number of sulfonamides is 1. The summed E-state index contributed by atoms with van der Waals surface area (Å²) in [6.07, 6.45) is 0. The van der Waals surface area contributed by atoms with Gasteiger partial charge in [-0.2, -0.15) is 4.31 Å². The number of rotatable bonds is 4. The predicted octanol–water partition coefficient (Wildman–Crippen LogP) is 1.85. The van der Waals surface area contributed by atoms with Crippen LogP contribution < -0.4 is 0 Å². The number of aryl methyl sites for hydroxylation is 1. The van der Waals surface area contributed by atoms with E-state index in [4.69, 9.17) is 5.11 Å². The first-order valence-corrected chi connectivity index (χ1v) is 7.38. The molecule has 1 aromatic carbocycles. The molecule has 1 rings (SSSR count). The van der Waals surface area contributed by atoms with Crippen molar-refractivity contribution in [2.24, 2.45) is 0 Å². The zero-order valence-corrected chi connectivity index (χ0v) is 12.6. The van der Waals surface area contributed by atoms with Crippen LogP contribution in [0.2, 0.25) is 0 Å². The Bertz CT molecular complexity index is 570. The van der Waals surface area contributed by atoms with E-state index in [0.29, 0.717) is 4.47 Å². The van der Waals surface area contributed by atoms with Gasteiger partial charge >= 0.3 is 5.97 Å². The molecule has 1 atom stereocenters. The largest absolute Gasteiger partial charge is 0.480 e. The van der Waals surface area contributed by atoms with Gasteiger partial charge < -0.3 is 5.11 Å². The number of hydrogen-bond donors (Lipinski definition) is 1. The summed E-state index contributed by atoms with van der Waals surface area (Å²) in [7, 11) is -2.58. The third kappa shape index (κ3) is 2.90. The number of likely N-dealkylation sites (N-methyl/N-ethyl adjacent to an activating group) is 1. The second kappa shape index (κ2) is 5.38. The van der Waals surface area contributed by atoms with E-state index < -0.39 is 22.0 Å². The topological polar surface area (TPSA) is 74.7 Å². The summed E-state index contributed by atoms with van der Waals surface area (Å²) in [5, 5.41) is 8.87. The van der Waals surface area contributed by atoms with Crippen LogP contribution >= 0.6 is 15.9 Å². The zero-order valence-electron chi connectivity index (χ0n) is 10.2. The van der Waals surface area contributed by atoms with Gasteiger partial charge in [-0.15, -0.1) is 0 Å². The molecule has 100 valence electrons. The van der Waals surface area contributed by atoms with Crippen molar-refractivity contribution in [1.82, 2.24) is 4.31 Å². The SMILES string of the molecule is Cc1ccc(Br)c(S(=O)(=O)N(C)C(C)C(=O)O)c1. The number of hydrogen-bond acceptors (Lipinski definition) is 3. The molecule has 0 aliphatic heterocycles. The summed E-state index contributed by atoms with van der Waals surface area (Å²) in [5.41, 5.74) is 0.785. The Morgan fingerprint density at radius 1 is 1.44 bits per heavy atom. The van der Waals surface area contributed by atoms with Gasteiger partial charge in [-0.25, -0.2) is 8.42 Å². The number of carboxylic acid groups (broad SMARTS) is 1. The first-order valence-electron chi connectivity index (χ1n) is 5.15. The summed E-state index contributed by atoms with van der Waals surface area (Å²) in [5.74, 6) is -1.19. The molecule has 1 N–H and O–H groups in total. The van der Waals surface area contributed by atoms with E-state index in [2.05, 4.69) is 15.9 Å². The second-order valence-electron chi connectivity index (χ2n) is 3.97. The van der Waals surface area contributed by atoms with Crippen LogP contribution in [-0.2, 0) is 14.8 Å². The van der Waals surface area contributed by atoms with Crippen LogP contribution in [0.5, 0.6) is 0 Å². The lowest BCUT2D eigenvalue weighted by atomic mass is 10.2. The Labute approximate surface area is 115 Å². The fraction of sp³-hybridized carbons (Fsp3) is 0.364. The molecule has 18 heavy (non-hydrogen) atoms. The van der Waals surface area contributed by atoms with Crippen LogP contribution in [0, 0.1) is 6.92 Å². The molecule has 0 amide bonds. The van der Waals surface area contributed by atoms with E-state index in [1.807, 2.05) is 0 Å². The first-order chi connectivity index (χ1) is 8.17. The maximum atomic E-state index is 12.3. The average molecular weight is 336 g/mol. The third-order valence-corrected chi connectivity index (χ3v) is 5.57. The fourth-order valence-corrected chi connectivity index (χ4v) is 3.65. The van der Waals surface area contributed by atoms with Crippen molar-refractivity contribution in [2.45, 2.75) is 24.8 Å². The van der Waals surface area contributed by atoms with E-state index in [0.717, 1.165) is 9.87 Å². The maximum absolute atomic E-state index is 12.3. The van der Waals surface area contributed by atoms with Crippen molar-refractivity contribution in [3.8, 4) is 0 Å². The van der Waals surface area contributed by atoms with E-state index in [9.17, 15) is 13.2 Å². The van der Waals surface area contributed by atoms with Crippen molar-refractivity contribution in [3.05, 3.63) is 28.2 Å². The molecule has 0 saturated heterocycles. The number of carboxylic acids is 1. The minimum Gasteiger partial charge on any atom is -0.480 e. The van der Waals surface area contributed by atoms with Gasteiger partial charge in [0.1, 0.15) is 6.04 Å². The lowest BCUT2D eigenvalue weighted by Gasteiger charge is -2.21. The Balaban J connectivity index is 3.29. The molecular formula is C11H14BrNO4S. The van der Waals surface area contributed by atoms with E-state index in [1.54, 1.807) is 19.1 Å². The van der Waals surface area contributed by atoms with Crippen molar-refractivity contribution in [1.29, 1.82) is 0 Å². The number of benzene rings is 1. The van der Waals surface area contributed by atoms with Gasteiger partial charge in [0.2, 0.25) is 10.0 Å². The highest BCUT2D eigenvalue weighted by atomic mass is 79.9. The van der Waals surface area contributed by atoms with Crippen LogP contribution in [0.3, 0.4) is 0 Å². The normalized spacial score (nSPS) is 13.6. The van der Waals surface area contributed by atoms with Crippen LogP contribution in [0.4, 0.5) is 0 Å². The number of aliphatic carboxylic acids is 1. The van der Waals surface area contributed by atoms with Gasteiger partial charge in [-0.3, -0.25) is 4.79 Å². The summed E-state index contributed by atoms with van der Waals surface area (Å²) < 4.78 is 25.8. The molecule has 7 heteroatoms. The van der Waals surface area contributed by atoms with Crippen molar-refractivity contribution < 1.29 is 18.3 Å². The highest BCUT2D eigenvalue weighted by molar-refractivity contribution is 9.10. The van der Waals surface area contributed by atoms with Gasteiger partial charge in [0, 0.05) is 11.5 Å². The molecule has 0 aliphatic carbocycles. The molecule has 0 aromatic heterocycles. The Morgan fingerprint density at radius 2 is 2.00 bits per heavy atom. The maximum Gasteiger partial charge on any atom is 0.321 e.